The standard InChI is InChI=1S/C12H13F2N3O2/c1-17(4-5-18)7-11-15-12(16-19-11)8-2-3-9(13)10(14)6-8/h2-3,6,18H,4-5,7H2,1H3. The summed E-state index contributed by atoms with van der Waals surface area (Å²) in [6.07, 6.45) is 0. The van der Waals surface area contributed by atoms with Crippen LogP contribution >= 0.6 is 0 Å². The first-order valence-electron chi connectivity index (χ1n) is 5.67. The molecule has 1 aromatic heterocycles. The summed E-state index contributed by atoms with van der Waals surface area (Å²) in [4.78, 5) is 5.88. The van der Waals surface area contributed by atoms with Crippen LogP contribution in [-0.4, -0.2) is 40.3 Å². The fraction of sp³-hybridized carbons (Fsp3) is 0.333. The van der Waals surface area contributed by atoms with Crippen LogP contribution in [-0.2, 0) is 6.54 Å². The predicted molar refractivity (Wildman–Crippen MR) is 63.1 cm³/mol. The van der Waals surface area contributed by atoms with Crippen LogP contribution < -0.4 is 0 Å². The Hall–Kier alpha value is -1.86. The van der Waals surface area contributed by atoms with E-state index in [1.54, 1.807) is 11.9 Å². The van der Waals surface area contributed by atoms with Gasteiger partial charge in [-0.15, -0.1) is 0 Å². The summed E-state index contributed by atoms with van der Waals surface area (Å²) >= 11 is 0. The smallest absolute Gasteiger partial charge is 0.241 e. The normalized spacial score (nSPS) is 11.2. The van der Waals surface area contributed by atoms with Crippen molar-refractivity contribution in [1.29, 1.82) is 0 Å². The molecule has 0 aliphatic carbocycles. The van der Waals surface area contributed by atoms with Gasteiger partial charge >= 0.3 is 0 Å². The Kier molecular flexibility index (Phi) is 4.18. The number of rotatable bonds is 5. The fourth-order valence-corrected chi connectivity index (χ4v) is 1.55. The number of nitrogens with zero attached hydrogens (tertiary/aromatic N) is 3. The Morgan fingerprint density at radius 1 is 1.32 bits per heavy atom. The van der Waals surface area contributed by atoms with Crippen LogP contribution in [0.15, 0.2) is 22.7 Å². The molecular weight excluding hydrogens is 256 g/mol. The van der Waals surface area contributed by atoms with Crippen LogP contribution in [0.2, 0.25) is 0 Å². The predicted octanol–water partition coefficient (Wildman–Crippen LogP) is 1.44. The van der Waals surface area contributed by atoms with Gasteiger partial charge in [-0.3, -0.25) is 4.90 Å². The van der Waals surface area contributed by atoms with Crippen LogP contribution in [0.3, 0.4) is 0 Å². The molecule has 2 rings (SSSR count). The third kappa shape index (κ3) is 3.33. The van der Waals surface area contributed by atoms with Gasteiger partial charge in [0.15, 0.2) is 11.6 Å². The van der Waals surface area contributed by atoms with Crippen LogP contribution in [0.1, 0.15) is 5.89 Å². The highest BCUT2D eigenvalue weighted by atomic mass is 19.2. The van der Waals surface area contributed by atoms with E-state index in [1.165, 1.54) is 6.07 Å². The van der Waals surface area contributed by atoms with Crippen molar-refractivity contribution in [2.75, 3.05) is 20.2 Å². The summed E-state index contributed by atoms with van der Waals surface area (Å²) in [6.45, 7) is 0.876. The van der Waals surface area contributed by atoms with Crippen molar-refractivity contribution < 1.29 is 18.4 Å². The number of benzene rings is 1. The van der Waals surface area contributed by atoms with Gasteiger partial charge in [0.25, 0.3) is 0 Å². The van der Waals surface area contributed by atoms with Crippen molar-refractivity contribution in [2.24, 2.45) is 0 Å². The number of aliphatic hydroxyl groups is 1. The van der Waals surface area contributed by atoms with Crippen molar-refractivity contribution in [3.63, 3.8) is 0 Å². The SMILES string of the molecule is CN(CCO)Cc1nc(-c2ccc(F)c(F)c2)no1. The molecule has 7 heteroatoms. The molecule has 1 heterocycles. The molecule has 0 spiro atoms. The van der Waals surface area contributed by atoms with Gasteiger partial charge in [-0.05, 0) is 25.2 Å². The fourth-order valence-electron chi connectivity index (χ4n) is 1.55. The summed E-state index contributed by atoms with van der Waals surface area (Å²) in [7, 11) is 1.79. The Bertz CT molecular complexity index is 560. The minimum atomic E-state index is -0.957. The molecule has 1 N–H and O–H groups in total. The molecule has 0 saturated heterocycles. The first-order chi connectivity index (χ1) is 9.10. The molecule has 0 atom stereocenters. The second-order valence-electron chi connectivity index (χ2n) is 4.10. The lowest BCUT2D eigenvalue weighted by atomic mass is 10.2. The zero-order valence-corrected chi connectivity index (χ0v) is 10.3. The summed E-state index contributed by atoms with van der Waals surface area (Å²) in [6, 6.07) is 3.41. The van der Waals surface area contributed by atoms with E-state index < -0.39 is 11.6 Å². The highest BCUT2D eigenvalue weighted by Crippen LogP contribution is 2.18. The minimum Gasteiger partial charge on any atom is -0.395 e. The third-order valence-electron chi connectivity index (χ3n) is 2.53. The van der Waals surface area contributed by atoms with Crippen molar-refractivity contribution in [2.45, 2.75) is 6.54 Å². The first-order valence-corrected chi connectivity index (χ1v) is 5.67. The van der Waals surface area contributed by atoms with Crippen molar-refractivity contribution >= 4 is 0 Å². The number of hydrogen-bond donors (Lipinski definition) is 1. The van der Waals surface area contributed by atoms with Crippen LogP contribution in [0.25, 0.3) is 11.4 Å². The highest BCUT2D eigenvalue weighted by Gasteiger charge is 2.12. The average molecular weight is 269 g/mol. The molecule has 0 unspecified atom stereocenters. The van der Waals surface area contributed by atoms with Crippen LogP contribution in [0, 0.1) is 11.6 Å². The van der Waals surface area contributed by atoms with E-state index in [4.69, 9.17) is 9.63 Å². The Labute approximate surface area is 108 Å². The first kappa shape index (κ1) is 13.6. The zero-order valence-electron chi connectivity index (χ0n) is 10.3. The topological polar surface area (TPSA) is 62.4 Å². The maximum Gasteiger partial charge on any atom is 0.241 e. The molecule has 1 aromatic carbocycles. The Morgan fingerprint density at radius 3 is 2.79 bits per heavy atom. The second-order valence-corrected chi connectivity index (χ2v) is 4.10. The van der Waals surface area contributed by atoms with Gasteiger partial charge in [-0.25, -0.2) is 8.78 Å². The summed E-state index contributed by atoms with van der Waals surface area (Å²) < 4.78 is 30.9. The Balaban J connectivity index is 2.14. The maximum absolute atomic E-state index is 13.1. The van der Waals surface area contributed by atoms with Crippen LogP contribution in [0.5, 0.6) is 0 Å². The molecule has 0 amide bonds. The number of aromatic nitrogens is 2. The van der Waals surface area contributed by atoms with Crippen LogP contribution in [0.4, 0.5) is 8.78 Å². The number of likely N-dealkylation sites (N-methyl/N-ethyl adjacent to an activating group) is 1. The van der Waals surface area contributed by atoms with E-state index in [1.807, 2.05) is 0 Å². The largest absolute Gasteiger partial charge is 0.395 e. The lowest BCUT2D eigenvalue weighted by Crippen LogP contribution is -2.21. The monoisotopic (exact) mass is 269 g/mol. The molecule has 5 nitrogen and oxygen atoms in total. The molecule has 0 radical (unpaired) electrons. The van der Waals surface area contributed by atoms with Gasteiger partial charge in [0.1, 0.15) is 0 Å². The van der Waals surface area contributed by atoms with Crippen molar-refractivity contribution in [3.8, 4) is 11.4 Å². The number of halogens is 2. The molecule has 0 aliphatic rings. The maximum atomic E-state index is 13.1. The molecule has 0 bridgehead atoms. The van der Waals surface area contributed by atoms with E-state index in [9.17, 15) is 8.78 Å². The van der Waals surface area contributed by atoms with Gasteiger partial charge in [0.2, 0.25) is 11.7 Å². The van der Waals surface area contributed by atoms with Crippen molar-refractivity contribution in [3.05, 3.63) is 35.7 Å². The van der Waals surface area contributed by atoms with E-state index in [-0.39, 0.29) is 12.4 Å². The third-order valence-corrected chi connectivity index (χ3v) is 2.53. The highest BCUT2D eigenvalue weighted by molar-refractivity contribution is 5.54. The lowest BCUT2D eigenvalue weighted by Gasteiger charge is -2.10. The molecular formula is C12H13F2N3O2. The van der Waals surface area contributed by atoms with Crippen molar-refractivity contribution in [1.82, 2.24) is 15.0 Å². The average Bonchev–Trinajstić information content (AvgIpc) is 2.81. The second kappa shape index (κ2) is 5.85. The van der Waals surface area contributed by atoms with E-state index in [0.29, 0.717) is 24.5 Å². The Morgan fingerprint density at radius 2 is 2.11 bits per heavy atom. The molecule has 19 heavy (non-hydrogen) atoms. The van der Waals surface area contributed by atoms with E-state index in [0.717, 1.165) is 12.1 Å². The van der Waals surface area contributed by atoms with Gasteiger partial charge < -0.3 is 9.63 Å². The molecule has 2 aromatic rings. The molecule has 0 aliphatic heterocycles. The van der Waals surface area contributed by atoms with E-state index >= 15 is 0 Å². The minimum absolute atomic E-state index is 0.0284. The lowest BCUT2D eigenvalue weighted by molar-refractivity contribution is 0.200. The molecule has 102 valence electrons. The molecule has 0 fully saturated rings. The molecule has 0 saturated carbocycles. The van der Waals surface area contributed by atoms with E-state index in [2.05, 4.69) is 10.1 Å². The van der Waals surface area contributed by atoms with Gasteiger partial charge in [-0.2, -0.15) is 4.98 Å². The quantitative estimate of drug-likeness (QED) is 0.890. The number of hydrogen-bond acceptors (Lipinski definition) is 5. The van der Waals surface area contributed by atoms with Gasteiger partial charge in [0.05, 0.1) is 13.2 Å². The number of aliphatic hydroxyl groups excluding tert-OH is 1. The summed E-state index contributed by atoms with van der Waals surface area (Å²) in [5.74, 6) is -1.33. The summed E-state index contributed by atoms with van der Waals surface area (Å²) in [5, 5.41) is 12.5. The zero-order chi connectivity index (χ0) is 13.8. The summed E-state index contributed by atoms with van der Waals surface area (Å²) in [5.41, 5.74) is 0.346. The van der Waals surface area contributed by atoms with Gasteiger partial charge in [-0.1, -0.05) is 5.16 Å². The van der Waals surface area contributed by atoms with Gasteiger partial charge in [0, 0.05) is 12.1 Å².